The van der Waals surface area contributed by atoms with Crippen molar-refractivity contribution in [1.82, 2.24) is 0 Å². The lowest BCUT2D eigenvalue weighted by atomic mass is 9.67. The summed E-state index contributed by atoms with van der Waals surface area (Å²) in [6.45, 7) is 0. The van der Waals surface area contributed by atoms with E-state index in [1.807, 2.05) is 6.07 Å². The van der Waals surface area contributed by atoms with E-state index in [1.54, 1.807) is 0 Å². The van der Waals surface area contributed by atoms with Gasteiger partial charge in [-0.1, -0.05) is 170 Å². The maximum absolute atomic E-state index is 6.79. The Balaban J connectivity index is 1.27. The number of nitrogens with zero attached hydrogens (tertiary/aromatic N) is 1. The van der Waals surface area contributed by atoms with Crippen LogP contribution in [0, 0.1) is 0 Å². The normalized spacial score (nSPS) is 13.1. The molecule has 11 rings (SSSR count). The molecule has 10 aromatic rings. The first kappa shape index (κ1) is 29.8. The van der Waals surface area contributed by atoms with Crippen LogP contribution in [-0.4, -0.2) is 0 Å². The highest BCUT2D eigenvalue weighted by Crippen LogP contribution is 2.57. The standard InChI is InChI=1S/C51H33NO/c1-3-17-35(18-4-1)51(36-19-5-2-6-20-36)45-27-13-11-23-40(45)41-31-30-37(33-46(41)51)52(47-28-15-26-44-43-25-12-14-29-49(43)53-50(44)47)48-32-34-16-7-8-21-38(34)39-22-9-10-24-42(39)48/h1-33H. The van der Waals surface area contributed by atoms with Crippen LogP contribution in [0.2, 0.25) is 0 Å². The van der Waals surface area contributed by atoms with Crippen molar-refractivity contribution in [1.29, 1.82) is 0 Å². The smallest absolute Gasteiger partial charge is 0.159 e. The molecule has 2 heteroatoms. The molecule has 0 saturated heterocycles. The van der Waals surface area contributed by atoms with Crippen LogP contribution in [0.5, 0.6) is 0 Å². The summed E-state index contributed by atoms with van der Waals surface area (Å²) in [4.78, 5) is 2.43. The highest BCUT2D eigenvalue weighted by Gasteiger charge is 2.46. The van der Waals surface area contributed by atoms with Gasteiger partial charge in [-0.2, -0.15) is 0 Å². The van der Waals surface area contributed by atoms with Crippen LogP contribution >= 0.6 is 0 Å². The van der Waals surface area contributed by atoms with E-state index in [4.69, 9.17) is 4.42 Å². The summed E-state index contributed by atoms with van der Waals surface area (Å²) < 4.78 is 6.79. The van der Waals surface area contributed by atoms with Crippen LogP contribution in [0.3, 0.4) is 0 Å². The van der Waals surface area contributed by atoms with Crippen molar-refractivity contribution in [3.05, 3.63) is 222 Å². The molecule has 0 fully saturated rings. The van der Waals surface area contributed by atoms with Gasteiger partial charge in [-0.3, -0.25) is 0 Å². The molecule has 1 aliphatic rings. The van der Waals surface area contributed by atoms with Gasteiger partial charge in [0.2, 0.25) is 0 Å². The summed E-state index contributed by atoms with van der Waals surface area (Å²) in [7, 11) is 0. The molecule has 0 atom stereocenters. The van der Waals surface area contributed by atoms with Gasteiger partial charge in [0.15, 0.2) is 5.58 Å². The lowest BCUT2D eigenvalue weighted by Crippen LogP contribution is -2.28. The molecule has 1 aliphatic carbocycles. The zero-order chi connectivity index (χ0) is 34.9. The number of furan rings is 1. The quantitative estimate of drug-likeness (QED) is 0.169. The van der Waals surface area contributed by atoms with Crippen LogP contribution < -0.4 is 4.90 Å². The molecule has 2 nitrogen and oxygen atoms in total. The van der Waals surface area contributed by atoms with Crippen LogP contribution in [0.4, 0.5) is 17.1 Å². The first-order chi connectivity index (χ1) is 26.3. The molecule has 53 heavy (non-hydrogen) atoms. The van der Waals surface area contributed by atoms with E-state index in [-0.39, 0.29) is 0 Å². The molecule has 9 aromatic carbocycles. The molecular weight excluding hydrogens is 643 g/mol. The Labute approximate surface area is 307 Å². The van der Waals surface area contributed by atoms with Crippen molar-refractivity contribution in [2.75, 3.05) is 4.90 Å². The molecule has 0 amide bonds. The largest absolute Gasteiger partial charge is 0.454 e. The highest BCUT2D eigenvalue weighted by molar-refractivity contribution is 6.17. The summed E-state index contributed by atoms with van der Waals surface area (Å²) in [5.74, 6) is 0. The molecule has 0 N–H and O–H groups in total. The van der Waals surface area contributed by atoms with E-state index in [2.05, 4.69) is 199 Å². The fraction of sp³-hybridized carbons (Fsp3) is 0.0196. The van der Waals surface area contributed by atoms with Gasteiger partial charge in [0, 0.05) is 21.8 Å². The fourth-order valence-corrected chi connectivity index (χ4v) is 9.11. The second-order valence-corrected chi connectivity index (χ2v) is 14.0. The Morgan fingerprint density at radius 3 is 1.77 bits per heavy atom. The van der Waals surface area contributed by atoms with Crippen LogP contribution in [0.25, 0.3) is 54.6 Å². The number of para-hydroxylation sites is 2. The van der Waals surface area contributed by atoms with Crippen molar-refractivity contribution in [2.45, 2.75) is 5.41 Å². The SMILES string of the molecule is c1ccc(C2(c3ccccc3)c3ccccc3-c3ccc(N(c4cc5ccccc5c5ccccc45)c4cccc5c4oc4ccccc45)cc32)cc1. The third-order valence-electron chi connectivity index (χ3n) is 11.3. The molecule has 0 bridgehead atoms. The number of hydrogen-bond donors (Lipinski definition) is 0. The van der Waals surface area contributed by atoms with E-state index < -0.39 is 5.41 Å². The number of anilines is 3. The molecule has 0 radical (unpaired) electrons. The van der Waals surface area contributed by atoms with Crippen molar-refractivity contribution in [3.63, 3.8) is 0 Å². The van der Waals surface area contributed by atoms with Gasteiger partial charge in [-0.25, -0.2) is 0 Å². The second kappa shape index (κ2) is 11.6. The summed E-state index contributed by atoms with van der Waals surface area (Å²) in [6.07, 6.45) is 0. The predicted molar refractivity (Wildman–Crippen MR) is 221 cm³/mol. The first-order valence-electron chi connectivity index (χ1n) is 18.3. The van der Waals surface area contributed by atoms with E-state index in [9.17, 15) is 0 Å². The van der Waals surface area contributed by atoms with Gasteiger partial charge < -0.3 is 9.32 Å². The van der Waals surface area contributed by atoms with E-state index in [0.29, 0.717) is 0 Å². The number of hydrogen-bond acceptors (Lipinski definition) is 2. The van der Waals surface area contributed by atoms with Crippen molar-refractivity contribution in [2.24, 2.45) is 0 Å². The number of fused-ring (bicyclic) bond motifs is 9. The minimum absolute atomic E-state index is 0.521. The topological polar surface area (TPSA) is 16.4 Å². The summed E-state index contributed by atoms with van der Waals surface area (Å²) in [5, 5.41) is 7.05. The van der Waals surface area contributed by atoms with Gasteiger partial charge >= 0.3 is 0 Å². The van der Waals surface area contributed by atoms with E-state index >= 15 is 0 Å². The molecule has 1 heterocycles. The Morgan fingerprint density at radius 2 is 0.981 bits per heavy atom. The summed E-state index contributed by atoms with van der Waals surface area (Å²) >= 11 is 0. The van der Waals surface area contributed by atoms with Gasteiger partial charge in [-0.15, -0.1) is 0 Å². The number of rotatable bonds is 5. The van der Waals surface area contributed by atoms with Gasteiger partial charge in [0.25, 0.3) is 0 Å². The first-order valence-corrected chi connectivity index (χ1v) is 18.3. The predicted octanol–water partition coefficient (Wildman–Crippen LogP) is 13.7. The molecule has 248 valence electrons. The third kappa shape index (κ3) is 4.27. The van der Waals surface area contributed by atoms with Crippen molar-refractivity contribution in [3.8, 4) is 11.1 Å². The second-order valence-electron chi connectivity index (χ2n) is 14.0. The number of benzene rings is 9. The zero-order valence-electron chi connectivity index (χ0n) is 28.9. The van der Waals surface area contributed by atoms with Crippen LogP contribution in [0.1, 0.15) is 22.3 Å². The lowest BCUT2D eigenvalue weighted by molar-refractivity contribution is 0.669. The van der Waals surface area contributed by atoms with Crippen LogP contribution in [-0.2, 0) is 5.41 Å². The average molecular weight is 676 g/mol. The summed E-state index contributed by atoms with van der Waals surface area (Å²) in [5.41, 5.74) is 12.0. The molecule has 0 unspecified atom stereocenters. The molecule has 0 spiro atoms. The molecular formula is C51H33NO. The Morgan fingerprint density at radius 1 is 0.377 bits per heavy atom. The molecule has 0 saturated carbocycles. The zero-order valence-corrected chi connectivity index (χ0v) is 28.9. The minimum Gasteiger partial charge on any atom is -0.454 e. The van der Waals surface area contributed by atoms with Gasteiger partial charge in [-0.05, 0) is 79.9 Å². The highest BCUT2D eigenvalue weighted by atomic mass is 16.3. The minimum atomic E-state index is -0.521. The van der Waals surface area contributed by atoms with Crippen LogP contribution in [0.15, 0.2) is 205 Å². The lowest BCUT2D eigenvalue weighted by Gasteiger charge is -2.35. The fourth-order valence-electron chi connectivity index (χ4n) is 9.11. The van der Waals surface area contributed by atoms with Gasteiger partial charge in [0.05, 0.1) is 16.8 Å². The van der Waals surface area contributed by atoms with Crippen molar-refractivity contribution < 1.29 is 4.42 Å². The average Bonchev–Trinajstić information content (AvgIpc) is 3.76. The van der Waals surface area contributed by atoms with Crippen molar-refractivity contribution >= 4 is 60.5 Å². The molecule has 1 aromatic heterocycles. The maximum atomic E-state index is 6.79. The molecule has 0 aliphatic heterocycles. The monoisotopic (exact) mass is 675 g/mol. The van der Waals surface area contributed by atoms with E-state index in [1.165, 1.54) is 54.9 Å². The Hall–Kier alpha value is -6.90. The third-order valence-corrected chi connectivity index (χ3v) is 11.3. The van der Waals surface area contributed by atoms with Gasteiger partial charge in [0.1, 0.15) is 5.58 Å². The Kier molecular flexibility index (Phi) is 6.50. The Bertz CT molecular complexity index is 2970. The van der Waals surface area contributed by atoms with E-state index in [0.717, 1.165) is 39.0 Å². The summed E-state index contributed by atoms with van der Waals surface area (Å²) in [6, 6.07) is 72.8. The maximum Gasteiger partial charge on any atom is 0.159 e.